The third-order valence-corrected chi connectivity index (χ3v) is 3.74. The number of carbonyl (C=O) groups excluding carboxylic acids is 1. The summed E-state index contributed by atoms with van der Waals surface area (Å²) in [5.74, 6) is 0.828. The Balaban J connectivity index is 1.51. The maximum absolute atomic E-state index is 12.3. The van der Waals surface area contributed by atoms with E-state index < -0.39 is 0 Å². The molecule has 0 aromatic carbocycles. The lowest BCUT2D eigenvalue weighted by molar-refractivity contribution is 0.0777. The molecule has 1 fully saturated rings. The van der Waals surface area contributed by atoms with E-state index in [1.807, 2.05) is 31.0 Å². The van der Waals surface area contributed by atoms with Crippen LogP contribution in [0.15, 0.2) is 24.7 Å². The number of amides is 1. The largest absolute Gasteiger partial charge is 0.476 e. The highest BCUT2D eigenvalue weighted by Crippen LogP contribution is 2.19. The van der Waals surface area contributed by atoms with Crippen molar-refractivity contribution in [1.82, 2.24) is 24.6 Å². The van der Waals surface area contributed by atoms with Crippen LogP contribution >= 0.6 is 0 Å². The molecule has 22 heavy (non-hydrogen) atoms. The van der Waals surface area contributed by atoms with E-state index in [9.17, 15) is 4.79 Å². The summed E-state index contributed by atoms with van der Waals surface area (Å²) in [6, 6.07) is 3.68. The van der Waals surface area contributed by atoms with Gasteiger partial charge in [0.25, 0.3) is 5.91 Å². The summed E-state index contributed by atoms with van der Waals surface area (Å²) >= 11 is 0. The van der Waals surface area contributed by atoms with Gasteiger partial charge in [-0.3, -0.25) is 4.79 Å². The zero-order valence-corrected chi connectivity index (χ0v) is 12.8. The summed E-state index contributed by atoms with van der Waals surface area (Å²) in [4.78, 5) is 18.2. The molecule has 116 valence electrons. The number of hydrogen-bond acceptors (Lipinski definition) is 5. The van der Waals surface area contributed by atoms with E-state index in [0.29, 0.717) is 30.6 Å². The van der Waals surface area contributed by atoms with Crippen LogP contribution < -0.4 is 4.74 Å². The van der Waals surface area contributed by atoms with Crippen molar-refractivity contribution in [3.05, 3.63) is 36.0 Å². The molecule has 0 radical (unpaired) electrons. The number of likely N-dealkylation sites (tertiary alicyclic amines) is 1. The standard InChI is InChI=1S/C15H19N5O2/c1-11-3-4-14(18-17-11)22-9-12-5-6-20(7-12)15(21)13-8-19(2)10-16-13/h3-4,8,10,12H,5-7,9H2,1-2H3. The van der Waals surface area contributed by atoms with Crippen LogP contribution in [-0.4, -0.2) is 50.3 Å². The van der Waals surface area contributed by atoms with Crippen molar-refractivity contribution in [3.8, 4) is 5.88 Å². The minimum Gasteiger partial charge on any atom is -0.476 e. The minimum atomic E-state index is -0.0155. The summed E-state index contributed by atoms with van der Waals surface area (Å²) in [5, 5.41) is 7.94. The summed E-state index contributed by atoms with van der Waals surface area (Å²) in [6.45, 7) is 3.86. The van der Waals surface area contributed by atoms with E-state index in [2.05, 4.69) is 15.2 Å². The molecule has 0 spiro atoms. The molecule has 2 aromatic rings. The number of imidazole rings is 1. The highest BCUT2D eigenvalue weighted by Gasteiger charge is 2.28. The monoisotopic (exact) mass is 301 g/mol. The van der Waals surface area contributed by atoms with Gasteiger partial charge < -0.3 is 14.2 Å². The molecule has 1 aliphatic rings. The lowest BCUT2D eigenvalue weighted by Crippen LogP contribution is -2.29. The second-order valence-corrected chi connectivity index (χ2v) is 5.65. The van der Waals surface area contributed by atoms with E-state index in [1.54, 1.807) is 17.1 Å². The SMILES string of the molecule is Cc1ccc(OCC2CCN(C(=O)c3cn(C)cn3)C2)nn1. The molecule has 0 bridgehead atoms. The Kier molecular flexibility index (Phi) is 4.04. The number of ether oxygens (including phenoxy) is 1. The zero-order chi connectivity index (χ0) is 15.5. The molecular formula is C15H19N5O2. The Labute approximate surface area is 128 Å². The van der Waals surface area contributed by atoms with E-state index in [-0.39, 0.29) is 5.91 Å². The third-order valence-electron chi connectivity index (χ3n) is 3.74. The molecule has 3 rings (SSSR count). The fourth-order valence-electron chi connectivity index (χ4n) is 2.51. The van der Waals surface area contributed by atoms with Crippen molar-refractivity contribution in [2.75, 3.05) is 19.7 Å². The van der Waals surface area contributed by atoms with Gasteiger partial charge in [0.15, 0.2) is 0 Å². The first-order chi connectivity index (χ1) is 10.6. The molecule has 1 amide bonds. The predicted molar refractivity (Wildman–Crippen MR) is 79.5 cm³/mol. The smallest absolute Gasteiger partial charge is 0.274 e. The van der Waals surface area contributed by atoms with Crippen LogP contribution in [0.1, 0.15) is 22.6 Å². The van der Waals surface area contributed by atoms with Gasteiger partial charge in [0.1, 0.15) is 5.69 Å². The van der Waals surface area contributed by atoms with Gasteiger partial charge in [-0.15, -0.1) is 5.10 Å². The first-order valence-corrected chi connectivity index (χ1v) is 7.32. The van der Waals surface area contributed by atoms with Gasteiger partial charge in [-0.1, -0.05) is 0 Å². The van der Waals surface area contributed by atoms with Crippen LogP contribution in [0.3, 0.4) is 0 Å². The summed E-state index contributed by atoms with van der Waals surface area (Å²) in [5.41, 5.74) is 1.36. The van der Waals surface area contributed by atoms with Crippen molar-refractivity contribution in [2.24, 2.45) is 13.0 Å². The van der Waals surface area contributed by atoms with E-state index in [4.69, 9.17) is 4.74 Å². The van der Waals surface area contributed by atoms with Gasteiger partial charge in [-0.05, 0) is 19.4 Å². The number of aromatic nitrogens is 4. The summed E-state index contributed by atoms with van der Waals surface area (Å²) < 4.78 is 7.43. The second-order valence-electron chi connectivity index (χ2n) is 5.65. The van der Waals surface area contributed by atoms with Crippen molar-refractivity contribution in [3.63, 3.8) is 0 Å². The van der Waals surface area contributed by atoms with Crippen molar-refractivity contribution in [1.29, 1.82) is 0 Å². The lowest BCUT2D eigenvalue weighted by atomic mass is 10.1. The Hall–Kier alpha value is -2.44. The molecule has 7 nitrogen and oxygen atoms in total. The molecule has 7 heteroatoms. The highest BCUT2D eigenvalue weighted by molar-refractivity contribution is 5.92. The van der Waals surface area contributed by atoms with Gasteiger partial charge in [0.05, 0.1) is 18.6 Å². The molecule has 3 heterocycles. The average Bonchev–Trinajstić information content (AvgIpc) is 3.15. The Morgan fingerprint density at radius 3 is 2.95 bits per heavy atom. The molecule has 1 unspecified atom stereocenters. The maximum Gasteiger partial charge on any atom is 0.274 e. The van der Waals surface area contributed by atoms with Crippen LogP contribution in [0.4, 0.5) is 0 Å². The number of aryl methyl sites for hydroxylation is 2. The molecule has 1 aliphatic heterocycles. The fraction of sp³-hybridized carbons (Fsp3) is 0.467. The fourth-order valence-corrected chi connectivity index (χ4v) is 2.51. The van der Waals surface area contributed by atoms with Gasteiger partial charge in [0, 0.05) is 38.3 Å². The summed E-state index contributed by atoms with van der Waals surface area (Å²) in [7, 11) is 1.85. The average molecular weight is 301 g/mol. The van der Waals surface area contributed by atoms with Gasteiger partial charge in [-0.25, -0.2) is 4.98 Å². The van der Waals surface area contributed by atoms with Crippen LogP contribution in [0.5, 0.6) is 5.88 Å². The molecule has 0 saturated carbocycles. The zero-order valence-electron chi connectivity index (χ0n) is 12.8. The molecule has 0 aliphatic carbocycles. The maximum atomic E-state index is 12.3. The van der Waals surface area contributed by atoms with Crippen molar-refractivity contribution >= 4 is 5.91 Å². The van der Waals surface area contributed by atoms with Crippen LogP contribution in [-0.2, 0) is 7.05 Å². The Bertz CT molecular complexity index is 652. The van der Waals surface area contributed by atoms with Gasteiger partial charge in [-0.2, -0.15) is 5.10 Å². The molecule has 2 aromatic heterocycles. The number of rotatable bonds is 4. The third kappa shape index (κ3) is 3.24. The summed E-state index contributed by atoms with van der Waals surface area (Å²) in [6.07, 6.45) is 4.31. The van der Waals surface area contributed by atoms with E-state index in [0.717, 1.165) is 18.7 Å². The van der Waals surface area contributed by atoms with Crippen LogP contribution in [0.2, 0.25) is 0 Å². The second kappa shape index (κ2) is 6.13. The first kappa shape index (κ1) is 14.5. The van der Waals surface area contributed by atoms with Crippen LogP contribution in [0.25, 0.3) is 0 Å². The van der Waals surface area contributed by atoms with Crippen LogP contribution in [0, 0.1) is 12.8 Å². The normalized spacial score (nSPS) is 17.7. The quantitative estimate of drug-likeness (QED) is 0.844. The molecule has 1 atom stereocenters. The Morgan fingerprint density at radius 2 is 2.27 bits per heavy atom. The number of nitrogens with zero attached hydrogens (tertiary/aromatic N) is 5. The van der Waals surface area contributed by atoms with Gasteiger partial charge >= 0.3 is 0 Å². The lowest BCUT2D eigenvalue weighted by Gasteiger charge is -2.15. The topological polar surface area (TPSA) is 73.1 Å². The van der Waals surface area contributed by atoms with E-state index >= 15 is 0 Å². The van der Waals surface area contributed by atoms with Crippen molar-refractivity contribution < 1.29 is 9.53 Å². The molecule has 0 N–H and O–H groups in total. The number of hydrogen-bond donors (Lipinski definition) is 0. The first-order valence-electron chi connectivity index (χ1n) is 7.32. The predicted octanol–water partition coefficient (Wildman–Crippen LogP) is 1.06. The highest BCUT2D eigenvalue weighted by atomic mass is 16.5. The number of carbonyl (C=O) groups is 1. The molecular weight excluding hydrogens is 282 g/mol. The van der Waals surface area contributed by atoms with E-state index in [1.165, 1.54) is 0 Å². The molecule has 1 saturated heterocycles. The van der Waals surface area contributed by atoms with Crippen molar-refractivity contribution in [2.45, 2.75) is 13.3 Å². The minimum absolute atomic E-state index is 0.0155. The Morgan fingerprint density at radius 1 is 1.41 bits per heavy atom. The van der Waals surface area contributed by atoms with Gasteiger partial charge in [0.2, 0.25) is 5.88 Å².